The van der Waals surface area contributed by atoms with Gasteiger partial charge in [0.05, 0.1) is 18.8 Å². The molecule has 0 aromatic rings. The Balaban J connectivity index is 3.90. The number of carbonyl (C=O) groups is 1. The van der Waals surface area contributed by atoms with E-state index in [2.05, 4.69) is 61.7 Å². The zero-order valence-electron chi connectivity index (χ0n) is 22.5. The highest BCUT2D eigenvalue weighted by atomic mass is 16.3. The highest BCUT2D eigenvalue weighted by Gasteiger charge is 2.17. The Kier molecular flexibility index (Phi) is 25.2. The first kappa shape index (κ1) is 33.1. The van der Waals surface area contributed by atoms with E-state index >= 15 is 0 Å². The van der Waals surface area contributed by atoms with Crippen molar-refractivity contribution in [1.82, 2.24) is 5.32 Å². The van der Waals surface area contributed by atoms with Crippen LogP contribution < -0.4 is 5.32 Å². The molecule has 0 aliphatic heterocycles. The van der Waals surface area contributed by atoms with Crippen LogP contribution in [-0.2, 0) is 4.79 Å². The molecule has 0 aliphatic rings. The van der Waals surface area contributed by atoms with Gasteiger partial charge in [0.25, 0.3) is 0 Å². The monoisotopic (exact) mass is 487 g/mol. The van der Waals surface area contributed by atoms with Gasteiger partial charge in [-0.2, -0.15) is 0 Å². The van der Waals surface area contributed by atoms with Gasteiger partial charge in [-0.15, -0.1) is 0 Å². The van der Waals surface area contributed by atoms with E-state index in [0.29, 0.717) is 12.8 Å². The number of rotatable bonds is 23. The van der Waals surface area contributed by atoms with Crippen LogP contribution in [0.5, 0.6) is 0 Å². The number of allylic oxidation sites excluding steroid dienone is 9. The summed E-state index contributed by atoms with van der Waals surface area (Å²) in [6, 6.07) is -0.658. The average Bonchev–Trinajstić information content (AvgIpc) is 2.86. The van der Waals surface area contributed by atoms with E-state index < -0.39 is 12.1 Å². The predicted molar refractivity (Wildman–Crippen MR) is 151 cm³/mol. The summed E-state index contributed by atoms with van der Waals surface area (Å²) in [6.45, 7) is 4.09. The molecular weight excluding hydrogens is 434 g/mol. The van der Waals surface area contributed by atoms with E-state index in [0.717, 1.165) is 38.5 Å². The largest absolute Gasteiger partial charge is 0.394 e. The molecule has 0 saturated heterocycles. The number of nitrogens with one attached hydrogen (secondary N) is 1. The maximum Gasteiger partial charge on any atom is 0.220 e. The van der Waals surface area contributed by atoms with Gasteiger partial charge >= 0.3 is 0 Å². The van der Waals surface area contributed by atoms with Gasteiger partial charge in [0.15, 0.2) is 0 Å². The summed E-state index contributed by atoms with van der Waals surface area (Å²) in [6.07, 6.45) is 35.8. The van der Waals surface area contributed by atoms with E-state index in [-0.39, 0.29) is 12.5 Å². The van der Waals surface area contributed by atoms with Gasteiger partial charge in [0, 0.05) is 6.42 Å². The minimum absolute atomic E-state index is 0.151. The quantitative estimate of drug-likeness (QED) is 0.103. The number of amides is 1. The van der Waals surface area contributed by atoms with Crippen molar-refractivity contribution in [2.75, 3.05) is 6.61 Å². The highest BCUT2D eigenvalue weighted by molar-refractivity contribution is 5.76. The van der Waals surface area contributed by atoms with Crippen LogP contribution in [0.4, 0.5) is 0 Å². The smallest absolute Gasteiger partial charge is 0.220 e. The zero-order valence-corrected chi connectivity index (χ0v) is 22.5. The second-order valence-electron chi connectivity index (χ2n) is 9.08. The van der Waals surface area contributed by atoms with Crippen molar-refractivity contribution in [1.29, 1.82) is 0 Å². The Bertz CT molecular complexity index is 619. The van der Waals surface area contributed by atoms with Crippen LogP contribution in [-0.4, -0.2) is 34.9 Å². The van der Waals surface area contributed by atoms with E-state index in [4.69, 9.17) is 0 Å². The lowest BCUT2D eigenvalue weighted by Gasteiger charge is -2.19. The molecule has 0 radical (unpaired) electrons. The van der Waals surface area contributed by atoms with Crippen molar-refractivity contribution in [3.05, 3.63) is 60.8 Å². The molecule has 1 amide bonds. The minimum Gasteiger partial charge on any atom is -0.394 e. The molecule has 0 fully saturated rings. The minimum atomic E-state index is -0.865. The van der Waals surface area contributed by atoms with E-state index in [1.807, 2.05) is 12.2 Å². The number of carbonyl (C=O) groups excluding carboxylic acids is 1. The third-order valence-electron chi connectivity index (χ3n) is 5.77. The second-order valence-corrected chi connectivity index (χ2v) is 9.08. The molecule has 200 valence electrons. The lowest BCUT2D eigenvalue weighted by Crippen LogP contribution is -2.45. The summed E-state index contributed by atoms with van der Waals surface area (Å²) < 4.78 is 0. The Labute approximate surface area is 216 Å². The Morgan fingerprint density at radius 2 is 1.26 bits per heavy atom. The molecule has 0 aromatic carbocycles. The van der Waals surface area contributed by atoms with Gasteiger partial charge in [0.2, 0.25) is 5.91 Å². The van der Waals surface area contributed by atoms with Gasteiger partial charge in [0.1, 0.15) is 0 Å². The summed E-state index contributed by atoms with van der Waals surface area (Å²) >= 11 is 0. The van der Waals surface area contributed by atoms with Crippen LogP contribution in [0.25, 0.3) is 0 Å². The van der Waals surface area contributed by atoms with Gasteiger partial charge in [-0.05, 0) is 44.9 Å². The third kappa shape index (κ3) is 23.6. The van der Waals surface area contributed by atoms with Crippen LogP contribution in [0.15, 0.2) is 60.8 Å². The summed E-state index contributed by atoms with van der Waals surface area (Å²) in [5.41, 5.74) is 0. The maximum absolute atomic E-state index is 12.1. The Morgan fingerprint density at radius 1 is 0.714 bits per heavy atom. The average molecular weight is 488 g/mol. The van der Waals surface area contributed by atoms with E-state index in [1.54, 1.807) is 6.08 Å². The number of hydrogen-bond acceptors (Lipinski definition) is 3. The summed E-state index contributed by atoms with van der Waals surface area (Å²) in [5, 5.41) is 22.6. The fourth-order valence-corrected chi connectivity index (χ4v) is 3.60. The van der Waals surface area contributed by atoms with Gasteiger partial charge in [-0.3, -0.25) is 4.79 Å². The fraction of sp³-hybridized carbons (Fsp3) is 0.645. The SMILES string of the molecule is CC/C=C\C/C=C\C/C=C\C/C=C\CCC(=O)NC(CO)C(O)/C=C/CCCCCCCCCC. The molecular formula is C31H53NO3. The standard InChI is InChI=1S/C31H53NO3/c1-3-5-7-9-11-13-15-16-17-19-21-23-25-27-31(35)32-29(28-33)30(34)26-24-22-20-18-14-12-10-8-6-4-2/h5,7,11,13,16-17,21,23-24,26,29-30,33-34H,3-4,6,8-10,12,14-15,18-20,22,25,27-28H2,1-2H3,(H,32,35)/b7-5-,13-11-,17-16-,23-21-,26-24+. The molecule has 0 spiro atoms. The Morgan fingerprint density at radius 3 is 1.83 bits per heavy atom. The molecule has 2 unspecified atom stereocenters. The van der Waals surface area contributed by atoms with E-state index in [1.165, 1.54) is 44.9 Å². The third-order valence-corrected chi connectivity index (χ3v) is 5.77. The molecule has 0 aliphatic carbocycles. The van der Waals surface area contributed by atoms with E-state index in [9.17, 15) is 15.0 Å². The molecule has 2 atom stereocenters. The summed E-state index contributed by atoms with van der Waals surface area (Å²) in [4.78, 5) is 12.1. The van der Waals surface area contributed by atoms with Crippen molar-refractivity contribution < 1.29 is 15.0 Å². The lowest BCUT2D eigenvalue weighted by molar-refractivity contribution is -0.122. The number of aliphatic hydroxyl groups excluding tert-OH is 2. The molecule has 0 aromatic heterocycles. The number of hydrogen-bond donors (Lipinski definition) is 3. The van der Waals surface area contributed by atoms with Crippen molar-refractivity contribution in [2.45, 2.75) is 122 Å². The zero-order chi connectivity index (χ0) is 25.8. The topological polar surface area (TPSA) is 69.6 Å². The molecule has 3 N–H and O–H groups in total. The second kappa shape index (κ2) is 26.7. The molecule has 0 rings (SSSR count). The summed E-state index contributed by atoms with van der Waals surface area (Å²) in [7, 11) is 0. The molecule has 35 heavy (non-hydrogen) atoms. The first-order chi connectivity index (χ1) is 17.2. The van der Waals surface area contributed by atoms with Crippen LogP contribution in [0.2, 0.25) is 0 Å². The van der Waals surface area contributed by atoms with Crippen LogP contribution in [0, 0.1) is 0 Å². The molecule has 0 saturated carbocycles. The lowest BCUT2D eigenvalue weighted by atomic mass is 10.1. The first-order valence-corrected chi connectivity index (χ1v) is 14.0. The fourth-order valence-electron chi connectivity index (χ4n) is 3.60. The van der Waals surface area contributed by atoms with Crippen molar-refractivity contribution in [3.63, 3.8) is 0 Å². The number of aliphatic hydroxyl groups is 2. The van der Waals surface area contributed by atoms with Crippen molar-refractivity contribution in [3.8, 4) is 0 Å². The predicted octanol–water partition coefficient (Wildman–Crippen LogP) is 7.50. The van der Waals surface area contributed by atoms with Gasteiger partial charge in [-0.25, -0.2) is 0 Å². The molecule has 0 bridgehead atoms. The maximum atomic E-state index is 12.1. The van der Waals surface area contributed by atoms with Gasteiger partial charge < -0.3 is 15.5 Å². The van der Waals surface area contributed by atoms with Crippen molar-refractivity contribution in [2.24, 2.45) is 0 Å². The van der Waals surface area contributed by atoms with Crippen LogP contribution in [0.1, 0.15) is 110 Å². The highest BCUT2D eigenvalue weighted by Crippen LogP contribution is 2.10. The van der Waals surface area contributed by atoms with Crippen LogP contribution >= 0.6 is 0 Å². The molecule has 0 heterocycles. The molecule has 4 nitrogen and oxygen atoms in total. The normalized spacial score (nSPS) is 14.3. The Hall–Kier alpha value is -1.91. The number of unbranched alkanes of at least 4 members (excludes halogenated alkanes) is 8. The first-order valence-electron chi connectivity index (χ1n) is 14.0. The van der Waals surface area contributed by atoms with Gasteiger partial charge in [-0.1, -0.05) is 120 Å². The molecule has 4 heteroatoms. The van der Waals surface area contributed by atoms with Crippen LogP contribution in [0.3, 0.4) is 0 Å². The summed E-state index contributed by atoms with van der Waals surface area (Å²) in [5.74, 6) is -0.151. The van der Waals surface area contributed by atoms with Crippen molar-refractivity contribution >= 4 is 5.91 Å².